The van der Waals surface area contributed by atoms with Crippen LogP contribution in [0.1, 0.15) is 85.6 Å². The number of ether oxygens (including phenoxy) is 5. The van der Waals surface area contributed by atoms with Gasteiger partial charge in [-0.15, -0.1) is 0 Å². The molecule has 8 aromatic rings. The number of alkyl halides is 1. The molecule has 0 radical (unpaired) electrons. The van der Waals surface area contributed by atoms with Gasteiger partial charge in [0.25, 0.3) is 0 Å². The molecule has 0 spiro atoms. The zero-order valence-corrected chi connectivity index (χ0v) is 52.4. The first-order valence-corrected chi connectivity index (χ1v) is 31.0. The van der Waals surface area contributed by atoms with Crippen LogP contribution < -0.4 is 56.6 Å². The highest BCUT2D eigenvalue weighted by Gasteiger charge is 2.42. The standard InChI is InChI=1S/C67H52BrCl2N7O19/c68-14-15-92-59-49-23-34-24-50(59)95-47-13-9-32(21-41(47)70)58(83)57-65(89)76-56(67(91)96-66(90)29-4-2-1-3-5-29)39-26-36(79)27-45(82)51(39)38-20-31(8-10-43(38)80)53(62(86)77-57)74-64(88)55(34)75-63(87)54-33-18-35(78)25-37(19-33)93-48-22-30(7-11-44(48)81)52(71)61(85)72-42(60(84)73-54)17-28-6-12-46(94-49)40(69)16-28/h1-13,16,18-27,42,52-58,78-83H,14-15,17,71H2,(H,72,85)(H,73,84)(H,74,88)(H,75,87)(H,76,89)(H,77,86)/t42-,52-,53-,54+,55-,56-,57+,58-/m1/s1. The average Bonchev–Trinajstić information content (AvgIpc) is 0.776. The van der Waals surface area contributed by atoms with Gasteiger partial charge >= 0.3 is 11.9 Å². The molecule has 0 aromatic heterocycles. The largest absolute Gasteiger partial charge is 0.508 e. The van der Waals surface area contributed by atoms with E-state index in [1.165, 1.54) is 97.1 Å². The lowest BCUT2D eigenvalue weighted by atomic mass is 9.89. The van der Waals surface area contributed by atoms with E-state index >= 15 is 24.0 Å². The number of aromatic hydroxyl groups is 5. The minimum absolute atomic E-state index is 0.0622. The van der Waals surface area contributed by atoms with Crippen molar-refractivity contribution >= 4 is 86.5 Å². The Balaban J connectivity index is 1.08. The van der Waals surface area contributed by atoms with Crippen LogP contribution in [0, 0.1) is 0 Å². The van der Waals surface area contributed by atoms with E-state index in [1.54, 1.807) is 6.07 Å². The van der Waals surface area contributed by atoms with Crippen LogP contribution in [-0.2, 0) is 44.7 Å². The zero-order chi connectivity index (χ0) is 68.0. The summed E-state index contributed by atoms with van der Waals surface area (Å²) in [7, 11) is 0. The molecule has 0 unspecified atom stereocenters. The molecular weight excluding hydrogens is 1360 g/mol. The van der Waals surface area contributed by atoms with E-state index in [9.17, 15) is 45.0 Å². The SMILES string of the molecule is N[C@H]1C(=O)N[C@@H]2Cc3ccc(c(Cl)c3)Oc3cc4cc(c3OCCBr)Oc3ccc(cc3Cl)[C@@H](O)[C@@H]3NC(=O)[C@H](NC(=O)[C@@H]4NC(=O)[C@@H](NC2=O)c2cc(O)cc(c2)Oc2cc1ccc2O)c1ccc(O)c(c1)-c1c(O)cc(O)cc1[C@H](C(=O)OC(=O)c1ccccc1)NC3=O. The molecule has 29 heteroatoms. The fourth-order valence-corrected chi connectivity index (χ4v) is 11.9. The highest BCUT2D eigenvalue weighted by molar-refractivity contribution is 9.09. The Hall–Kier alpha value is -11.1. The number of benzene rings is 8. The maximum absolute atomic E-state index is 16.1. The molecule has 17 bridgehead atoms. The van der Waals surface area contributed by atoms with Crippen LogP contribution in [0.4, 0.5) is 0 Å². The van der Waals surface area contributed by atoms with Crippen molar-refractivity contribution in [2.75, 3.05) is 11.9 Å². The Morgan fingerprint density at radius 3 is 1.83 bits per heavy atom. The summed E-state index contributed by atoms with van der Waals surface area (Å²) in [5, 5.41) is 84.7. The van der Waals surface area contributed by atoms with Crippen molar-refractivity contribution in [3.8, 4) is 80.1 Å². The number of phenolic OH excluding ortho intramolecular Hbond substituents is 5. The number of nitrogens with one attached hydrogen (secondary N) is 6. The van der Waals surface area contributed by atoms with Crippen LogP contribution in [0.25, 0.3) is 11.1 Å². The number of hydrogen-bond acceptors (Lipinski definition) is 20. The molecule has 6 amide bonds. The molecule has 0 saturated carbocycles. The molecule has 6 heterocycles. The van der Waals surface area contributed by atoms with Gasteiger partial charge in [0.2, 0.25) is 41.2 Å². The number of esters is 2. The molecule has 6 aliphatic rings. The van der Waals surface area contributed by atoms with Gasteiger partial charge in [0.1, 0.15) is 82.6 Å². The number of rotatable bonds is 5. The molecule has 8 aromatic carbocycles. The summed E-state index contributed by atoms with van der Waals surface area (Å²) in [4.78, 5) is 120. The van der Waals surface area contributed by atoms with Crippen molar-refractivity contribution in [1.82, 2.24) is 31.9 Å². The van der Waals surface area contributed by atoms with Gasteiger partial charge in [-0.3, -0.25) is 28.8 Å². The van der Waals surface area contributed by atoms with Gasteiger partial charge in [-0.2, -0.15) is 0 Å². The number of phenols is 5. The summed E-state index contributed by atoms with van der Waals surface area (Å²) in [5.74, 6) is -14.6. The lowest BCUT2D eigenvalue weighted by Gasteiger charge is -2.31. The van der Waals surface area contributed by atoms with E-state index in [2.05, 4.69) is 47.8 Å². The van der Waals surface area contributed by atoms with Crippen molar-refractivity contribution in [3.63, 3.8) is 0 Å². The van der Waals surface area contributed by atoms with E-state index in [0.29, 0.717) is 5.56 Å². The molecule has 6 aliphatic heterocycles. The van der Waals surface area contributed by atoms with Gasteiger partial charge in [0, 0.05) is 40.6 Å². The number of hydrogen-bond donors (Lipinski definition) is 13. The van der Waals surface area contributed by atoms with Crippen molar-refractivity contribution < 1.29 is 92.7 Å². The summed E-state index contributed by atoms with van der Waals surface area (Å²) in [6.07, 6.45) is -2.50. The molecule has 14 N–H and O–H groups in total. The third kappa shape index (κ3) is 13.2. The van der Waals surface area contributed by atoms with Crippen LogP contribution in [0.2, 0.25) is 10.0 Å². The summed E-state index contributed by atoms with van der Waals surface area (Å²) in [5.41, 5.74) is 4.43. The quantitative estimate of drug-likeness (QED) is 0.0455. The maximum atomic E-state index is 16.1. The van der Waals surface area contributed by atoms with Crippen LogP contribution in [-0.4, -0.2) is 102 Å². The molecular formula is C67H52BrCl2N7O19. The Morgan fingerprint density at radius 2 is 1.15 bits per heavy atom. The average molecular weight is 1410 g/mol. The molecule has 14 rings (SSSR count). The van der Waals surface area contributed by atoms with E-state index in [4.69, 9.17) is 52.6 Å². The predicted octanol–water partition coefficient (Wildman–Crippen LogP) is 7.35. The highest BCUT2D eigenvalue weighted by Crippen LogP contribution is 2.49. The summed E-state index contributed by atoms with van der Waals surface area (Å²) in [6.45, 7) is -0.0866. The summed E-state index contributed by atoms with van der Waals surface area (Å²) in [6, 6.07) is 16.1. The van der Waals surface area contributed by atoms with Crippen LogP contribution in [0.3, 0.4) is 0 Å². The van der Waals surface area contributed by atoms with Crippen molar-refractivity contribution in [2.45, 2.75) is 54.8 Å². The Labute approximate surface area is 560 Å². The lowest BCUT2D eigenvalue weighted by molar-refractivity contribution is -0.144. The highest BCUT2D eigenvalue weighted by atomic mass is 79.9. The van der Waals surface area contributed by atoms with Gasteiger partial charge in [-0.05, 0) is 124 Å². The molecule has 0 saturated heterocycles. The van der Waals surface area contributed by atoms with Crippen molar-refractivity contribution in [3.05, 3.63) is 200 Å². The number of amides is 6. The Morgan fingerprint density at radius 1 is 0.542 bits per heavy atom. The van der Waals surface area contributed by atoms with E-state index < -0.39 is 141 Å². The predicted molar refractivity (Wildman–Crippen MR) is 342 cm³/mol. The first-order chi connectivity index (χ1) is 46.0. The van der Waals surface area contributed by atoms with E-state index in [0.717, 1.165) is 42.5 Å². The smallest absolute Gasteiger partial charge is 0.345 e. The van der Waals surface area contributed by atoms with E-state index in [1.807, 2.05) is 0 Å². The monoisotopic (exact) mass is 1410 g/mol. The number of carbonyl (C=O) groups excluding carboxylic acids is 8. The third-order valence-electron chi connectivity index (χ3n) is 15.9. The van der Waals surface area contributed by atoms with Gasteiger partial charge in [0.05, 0.1) is 22.2 Å². The molecule has 8 atom stereocenters. The van der Waals surface area contributed by atoms with Crippen LogP contribution in [0.15, 0.2) is 146 Å². The van der Waals surface area contributed by atoms with Crippen molar-refractivity contribution in [1.29, 1.82) is 0 Å². The number of halogens is 3. The Kier molecular flexibility index (Phi) is 18.1. The number of nitrogens with two attached hydrogens (primary N) is 1. The fourth-order valence-electron chi connectivity index (χ4n) is 11.3. The van der Waals surface area contributed by atoms with Gasteiger partial charge in [0.15, 0.2) is 29.0 Å². The minimum atomic E-state index is -2.25. The van der Waals surface area contributed by atoms with Gasteiger partial charge in [-0.1, -0.05) is 81.6 Å². The van der Waals surface area contributed by atoms with Gasteiger partial charge in [-0.25, -0.2) is 9.59 Å². The number of aliphatic hydroxyl groups excluding tert-OH is 1. The minimum Gasteiger partial charge on any atom is -0.508 e. The first kappa shape index (κ1) is 65.0. The lowest BCUT2D eigenvalue weighted by Crippen LogP contribution is -2.55. The van der Waals surface area contributed by atoms with Gasteiger partial charge < -0.3 is 92.0 Å². The molecule has 26 nitrogen and oxygen atoms in total. The second-order valence-corrected chi connectivity index (χ2v) is 24.0. The zero-order valence-electron chi connectivity index (χ0n) is 49.3. The van der Waals surface area contributed by atoms with Crippen molar-refractivity contribution in [2.24, 2.45) is 5.73 Å². The maximum Gasteiger partial charge on any atom is 0.345 e. The number of aliphatic hydroxyl groups is 1. The summed E-state index contributed by atoms with van der Waals surface area (Å²) < 4.78 is 30.7. The molecule has 96 heavy (non-hydrogen) atoms. The normalized spacial score (nSPS) is 20.7. The number of fused-ring (bicyclic) bond motifs is 14. The van der Waals surface area contributed by atoms with Crippen LogP contribution in [0.5, 0.6) is 69.0 Å². The third-order valence-corrected chi connectivity index (χ3v) is 16.9. The molecule has 0 fully saturated rings. The van der Waals surface area contributed by atoms with E-state index in [-0.39, 0.29) is 102 Å². The molecule has 490 valence electrons. The fraction of sp³-hybridized carbons (Fsp3) is 0.164. The molecule has 0 aliphatic carbocycles. The second kappa shape index (κ2) is 26.7. The van der Waals surface area contributed by atoms with Crippen LogP contribution >= 0.6 is 39.1 Å². The summed E-state index contributed by atoms with van der Waals surface area (Å²) >= 11 is 17.4. The topological polar surface area (TPSA) is 402 Å². The number of carbonyl (C=O) groups is 8. The first-order valence-electron chi connectivity index (χ1n) is 29.1. The second-order valence-electron chi connectivity index (χ2n) is 22.4. The Bertz CT molecular complexity index is 4560.